The lowest BCUT2D eigenvalue weighted by atomic mass is 9.92. The summed E-state index contributed by atoms with van der Waals surface area (Å²) in [5.74, 6) is 0.599. The summed E-state index contributed by atoms with van der Waals surface area (Å²) >= 11 is 0. The Morgan fingerprint density at radius 3 is 2.18 bits per heavy atom. The van der Waals surface area contributed by atoms with E-state index < -0.39 is 0 Å². The monoisotopic (exact) mass is 227 g/mol. The third-order valence-corrected chi connectivity index (χ3v) is 2.97. The van der Waals surface area contributed by atoms with Gasteiger partial charge in [0.2, 0.25) is 0 Å². The van der Waals surface area contributed by atoms with Gasteiger partial charge in [0, 0.05) is 5.92 Å². The van der Waals surface area contributed by atoms with Crippen molar-refractivity contribution in [3.05, 3.63) is 65.7 Å². The molecular weight excluding hydrogens is 210 g/mol. The SMILES string of the molecule is NCC(Cc1ccccc1)c1ccc(O)cc1. The minimum atomic E-state index is 0.296. The first-order chi connectivity index (χ1) is 8.29. The maximum absolute atomic E-state index is 9.27. The van der Waals surface area contributed by atoms with E-state index in [-0.39, 0.29) is 0 Å². The lowest BCUT2D eigenvalue weighted by Crippen LogP contribution is -2.14. The van der Waals surface area contributed by atoms with Gasteiger partial charge in [-0.3, -0.25) is 0 Å². The Hall–Kier alpha value is -1.80. The van der Waals surface area contributed by atoms with Gasteiger partial charge in [-0.25, -0.2) is 0 Å². The van der Waals surface area contributed by atoms with Crippen LogP contribution >= 0.6 is 0 Å². The standard InChI is InChI=1S/C15H17NO/c16-11-14(10-12-4-2-1-3-5-12)13-6-8-15(17)9-7-13/h1-9,14,17H,10-11,16H2. The number of hydrogen-bond acceptors (Lipinski definition) is 2. The molecule has 0 aliphatic rings. The summed E-state index contributed by atoms with van der Waals surface area (Å²) in [4.78, 5) is 0. The molecule has 2 aromatic carbocycles. The van der Waals surface area contributed by atoms with Gasteiger partial charge in [0.05, 0.1) is 0 Å². The molecule has 0 amide bonds. The van der Waals surface area contributed by atoms with E-state index in [0.29, 0.717) is 18.2 Å². The van der Waals surface area contributed by atoms with Crippen LogP contribution in [0, 0.1) is 0 Å². The first-order valence-corrected chi connectivity index (χ1v) is 5.82. The molecule has 0 bridgehead atoms. The summed E-state index contributed by atoms with van der Waals surface area (Å²) < 4.78 is 0. The van der Waals surface area contributed by atoms with Crippen molar-refractivity contribution in [2.75, 3.05) is 6.54 Å². The second-order valence-corrected chi connectivity index (χ2v) is 4.21. The third kappa shape index (κ3) is 3.08. The summed E-state index contributed by atoms with van der Waals surface area (Å²) in [7, 11) is 0. The molecule has 0 radical (unpaired) electrons. The number of phenolic OH excluding ortho intramolecular Hbond substituents is 1. The van der Waals surface area contributed by atoms with Crippen molar-refractivity contribution < 1.29 is 5.11 Å². The van der Waals surface area contributed by atoms with Crippen LogP contribution in [0.5, 0.6) is 5.75 Å². The van der Waals surface area contributed by atoms with Gasteiger partial charge in [-0.05, 0) is 36.2 Å². The first kappa shape index (κ1) is 11.7. The van der Waals surface area contributed by atoms with Crippen molar-refractivity contribution in [1.82, 2.24) is 0 Å². The molecule has 0 spiro atoms. The van der Waals surface area contributed by atoms with Crippen molar-refractivity contribution in [2.45, 2.75) is 12.3 Å². The molecule has 17 heavy (non-hydrogen) atoms. The van der Waals surface area contributed by atoms with E-state index in [2.05, 4.69) is 12.1 Å². The van der Waals surface area contributed by atoms with Gasteiger partial charge in [-0.15, -0.1) is 0 Å². The van der Waals surface area contributed by atoms with Crippen molar-refractivity contribution in [2.24, 2.45) is 5.73 Å². The van der Waals surface area contributed by atoms with Gasteiger partial charge in [0.25, 0.3) is 0 Å². The number of hydrogen-bond donors (Lipinski definition) is 2. The molecule has 0 aromatic heterocycles. The van der Waals surface area contributed by atoms with Crippen LogP contribution < -0.4 is 5.73 Å². The van der Waals surface area contributed by atoms with Crippen LogP contribution in [0.15, 0.2) is 54.6 Å². The van der Waals surface area contributed by atoms with Gasteiger partial charge in [0.15, 0.2) is 0 Å². The van der Waals surface area contributed by atoms with Gasteiger partial charge in [0.1, 0.15) is 5.75 Å². The normalized spacial score (nSPS) is 12.3. The minimum absolute atomic E-state index is 0.296. The van der Waals surface area contributed by atoms with Gasteiger partial charge >= 0.3 is 0 Å². The minimum Gasteiger partial charge on any atom is -0.508 e. The van der Waals surface area contributed by atoms with E-state index in [9.17, 15) is 5.11 Å². The summed E-state index contributed by atoms with van der Waals surface area (Å²) in [5.41, 5.74) is 8.29. The zero-order valence-electron chi connectivity index (χ0n) is 9.71. The average Bonchev–Trinajstić information content (AvgIpc) is 2.38. The highest BCUT2D eigenvalue weighted by Crippen LogP contribution is 2.21. The zero-order chi connectivity index (χ0) is 12.1. The second-order valence-electron chi connectivity index (χ2n) is 4.21. The van der Waals surface area contributed by atoms with E-state index in [4.69, 9.17) is 5.73 Å². The van der Waals surface area contributed by atoms with E-state index in [1.54, 1.807) is 12.1 Å². The van der Waals surface area contributed by atoms with Crippen LogP contribution in [-0.4, -0.2) is 11.7 Å². The Bertz CT molecular complexity index is 450. The van der Waals surface area contributed by atoms with Crippen molar-refractivity contribution >= 4 is 0 Å². The van der Waals surface area contributed by atoms with Crippen molar-refractivity contribution in [3.63, 3.8) is 0 Å². The van der Waals surface area contributed by atoms with E-state index in [1.807, 2.05) is 30.3 Å². The van der Waals surface area contributed by atoms with Gasteiger partial charge < -0.3 is 10.8 Å². The summed E-state index contributed by atoms with van der Waals surface area (Å²) in [6.45, 7) is 0.611. The van der Waals surface area contributed by atoms with Gasteiger partial charge in [-0.2, -0.15) is 0 Å². The van der Waals surface area contributed by atoms with Crippen LogP contribution in [0.4, 0.5) is 0 Å². The fourth-order valence-electron chi connectivity index (χ4n) is 1.98. The van der Waals surface area contributed by atoms with E-state index in [1.165, 1.54) is 11.1 Å². The predicted molar refractivity (Wildman–Crippen MR) is 70.0 cm³/mol. The van der Waals surface area contributed by atoms with Crippen LogP contribution in [0.25, 0.3) is 0 Å². The maximum atomic E-state index is 9.27. The van der Waals surface area contributed by atoms with Crippen LogP contribution in [0.2, 0.25) is 0 Å². The molecule has 88 valence electrons. The fourth-order valence-corrected chi connectivity index (χ4v) is 1.98. The molecule has 0 saturated heterocycles. The number of phenols is 1. The molecule has 2 rings (SSSR count). The molecule has 0 fully saturated rings. The largest absolute Gasteiger partial charge is 0.508 e. The molecule has 1 atom stereocenters. The number of nitrogens with two attached hydrogens (primary N) is 1. The zero-order valence-corrected chi connectivity index (χ0v) is 9.71. The quantitative estimate of drug-likeness (QED) is 0.843. The molecule has 1 unspecified atom stereocenters. The number of aromatic hydroxyl groups is 1. The molecule has 0 aliphatic heterocycles. The third-order valence-electron chi connectivity index (χ3n) is 2.97. The number of rotatable bonds is 4. The summed E-state index contributed by atoms with van der Waals surface area (Å²) in [5, 5.41) is 9.27. The molecule has 2 aromatic rings. The van der Waals surface area contributed by atoms with E-state index >= 15 is 0 Å². The van der Waals surface area contributed by atoms with Crippen molar-refractivity contribution in [3.8, 4) is 5.75 Å². The molecular formula is C15H17NO. The lowest BCUT2D eigenvalue weighted by Gasteiger charge is -2.15. The fraction of sp³-hybridized carbons (Fsp3) is 0.200. The van der Waals surface area contributed by atoms with E-state index in [0.717, 1.165) is 6.42 Å². The van der Waals surface area contributed by atoms with Crippen molar-refractivity contribution in [1.29, 1.82) is 0 Å². The molecule has 3 N–H and O–H groups in total. The van der Waals surface area contributed by atoms with Crippen LogP contribution in [0.1, 0.15) is 17.0 Å². The Balaban J connectivity index is 2.14. The average molecular weight is 227 g/mol. The summed E-state index contributed by atoms with van der Waals surface area (Å²) in [6.07, 6.45) is 0.933. The Kier molecular flexibility index (Phi) is 3.78. The highest BCUT2D eigenvalue weighted by atomic mass is 16.3. The first-order valence-electron chi connectivity index (χ1n) is 5.82. The second kappa shape index (κ2) is 5.51. The molecule has 2 heteroatoms. The highest BCUT2D eigenvalue weighted by molar-refractivity contribution is 5.30. The number of benzene rings is 2. The smallest absolute Gasteiger partial charge is 0.115 e. The molecule has 0 saturated carbocycles. The van der Waals surface area contributed by atoms with Crippen LogP contribution in [-0.2, 0) is 6.42 Å². The summed E-state index contributed by atoms with van der Waals surface area (Å²) in [6, 6.07) is 17.6. The Labute approximate surface area is 102 Å². The lowest BCUT2D eigenvalue weighted by molar-refractivity contribution is 0.475. The highest BCUT2D eigenvalue weighted by Gasteiger charge is 2.10. The molecule has 2 nitrogen and oxygen atoms in total. The molecule has 0 heterocycles. The van der Waals surface area contributed by atoms with Crippen LogP contribution in [0.3, 0.4) is 0 Å². The Morgan fingerprint density at radius 2 is 1.59 bits per heavy atom. The molecule has 0 aliphatic carbocycles. The maximum Gasteiger partial charge on any atom is 0.115 e. The predicted octanol–water partition coefficient (Wildman–Crippen LogP) is 2.68. The topological polar surface area (TPSA) is 46.2 Å². The Morgan fingerprint density at radius 1 is 0.941 bits per heavy atom. The van der Waals surface area contributed by atoms with Gasteiger partial charge in [-0.1, -0.05) is 42.5 Å².